The standard InChI is InChI=1S/C29H26BrN5O3S/c30-21-10-16-7-5-15(9-22(16)34-28(21)31)6-8-17-11-23(27(38)25(17)36)35-29-19(12-32-14-33-29)26(37)20-13-39-24-4-2-1-3-18(20)24/h1-5,7,9-10,12-14,17,23,25,27,36,38H,6,8,11H2,(H2,31,34)(H,32,33,35)/t17-,23+,25+,27-/m0/s1. The molecule has 0 spiro atoms. The number of halogens is 1. The number of aromatic nitrogens is 3. The lowest BCUT2D eigenvalue weighted by Gasteiger charge is -2.19. The van der Waals surface area contributed by atoms with Gasteiger partial charge in [-0.3, -0.25) is 4.79 Å². The molecule has 0 unspecified atom stereocenters. The van der Waals surface area contributed by atoms with E-state index < -0.39 is 18.2 Å². The Labute approximate surface area is 237 Å². The third-order valence-corrected chi connectivity index (χ3v) is 9.07. The van der Waals surface area contributed by atoms with E-state index in [1.165, 1.54) is 23.9 Å². The molecule has 1 saturated carbocycles. The second kappa shape index (κ2) is 10.6. The second-order valence-electron chi connectivity index (χ2n) is 9.91. The van der Waals surface area contributed by atoms with E-state index >= 15 is 0 Å². The zero-order valence-corrected chi connectivity index (χ0v) is 23.2. The number of nitrogens with one attached hydrogen (secondary N) is 1. The normalized spacial score (nSPS) is 21.0. The number of hydrogen-bond donors (Lipinski definition) is 4. The Bertz CT molecular complexity index is 1690. The van der Waals surface area contributed by atoms with E-state index in [1.807, 2.05) is 53.9 Å². The molecule has 0 saturated heterocycles. The Morgan fingerprint density at radius 1 is 1.13 bits per heavy atom. The number of aryl methyl sites for hydroxylation is 1. The first-order valence-electron chi connectivity index (χ1n) is 12.7. The van der Waals surface area contributed by atoms with Crippen molar-refractivity contribution in [3.05, 3.63) is 87.6 Å². The summed E-state index contributed by atoms with van der Waals surface area (Å²) < 4.78 is 1.80. The number of rotatable bonds is 7. The van der Waals surface area contributed by atoms with Gasteiger partial charge in [0.15, 0.2) is 5.78 Å². The first-order valence-corrected chi connectivity index (χ1v) is 14.3. The fourth-order valence-corrected chi connectivity index (χ4v) is 6.63. The number of ketones is 1. The molecule has 10 heteroatoms. The van der Waals surface area contributed by atoms with Gasteiger partial charge in [0.25, 0.3) is 0 Å². The number of aliphatic hydroxyl groups is 2. The van der Waals surface area contributed by atoms with Gasteiger partial charge >= 0.3 is 0 Å². The molecule has 0 radical (unpaired) electrons. The van der Waals surface area contributed by atoms with E-state index in [-0.39, 0.29) is 11.7 Å². The maximum Gasteiger partial charge on any atom is 0.199 e. The zero-order chi connectivity index (χ0) is 27.1. The highest BCUT2D eigenvalue weighted by atomic mass is 79.9. The Morgan fingerprint density at radius 3 is 2.85 bits per heavy atom. The zero-order valence-electron chi connectivity index (χ0n) is 20.8. The van der Waals surface area contributed by atoms with Crippen molar-refractivity contribution in [1.82, 2.24) is 15.0 Å². The van der Waals surface area contributed by atoms with Crippen molar-refractivity contribution in [2.24, 2.45) is 5.92 Å². The number of nitrogen functional groups attached to an aromatic ring is 1. The van der Waals surface area contributed by atoms with Gasteiger partial charge < -0.3 is 21.3 Å². The van der Waals surface area contributed by atoms with Gasteiger partial charge in [-0.15, -0.1) is 11.3 Å². The molecule has 0 bridgehead atoms. The minimum absolute atomic E-state index is 0.127. The highest BCUT2D eigenvalue weighted by Gasteiger charge is 2.41. The summed E-state index contributed by atoms with van der Waals surface area (Å²) >= 11 is 4.93. The van der Waals surface area contributed by atoms with Gasteiger partial charge in [0.1, 0.15) is 24.1 Å². The number of nitrogens with zero attached hydrogens (tertiary/aromatic N) is 3. The number of aliphatic hydroxyl groups excluding tert-OH is 2. The Hall–Kier alpha value is -3.44. The second-order valence-corrected chi connectivity index (χ2v) is 11.7. The predicted octanol–water partition coefficient (Wildman–Crippen LogP) is 4.97. The molecule has 198 valence electrons. The molecule has 1 fully saturated rings. The third-order valence-electron chi connectivity index (χ3n) is 7.47. The number of benzene rings is 2. The summed E-state index contributed by atoms with van der Waals surface area (Å²) in [7, 11) is 0. The summed E-state index contributed by atoms with van der Waals surface area (Å²) in [5, 5.41) is 28.7. The molecule has 0 amide bonds. The maximum atomic E-state index is 13.5. The minimum Gasteiger partial charge on any atom is -0.390 e. The van der Waals surface area contributed by atoms with E-state index in [1.54, 1.807) is 0 Å². The molecule has 1 aliphatic rings. The van der Waals surface area contributed by atoms with Crippen molar-refractivity contribution in [2.75, 3.05) is 11.1 Å². The quantitative estimate of drug-likeness (QED) is 0.192. The molecule has 3 heterocycles. The number of nitrogens with two attached hydrogens (primary N) is 1. The van der Waals surface area contributed by atoms with Crippen molar-refractivity contribution in [3.8, 4) is 0 Å². The van der Waals surface area contributed by atoms with Crippen LogP contribution in [0, 0.1) is 5.92 Å². The molecule has 5 aromatic rings. The van der Waals surface area contributed by atoms with Crippen LogP contribution in [-0.4, -0.2) is 49.2 Å². The average molecular weight is 605 g/mol. The maximum absolute atomic E-state index is 13.5. The fourth-order valence-electron chi connectivity index (χ4n) is 5.35. The van der Waals surface area contributed by atoms with Crippen molar-refractivity contribution >= 4 is 65.7 Å². The number of carbonyl (C=O) groups excluding carboxylic acids is 1. The summed E-state index contributed by atoms with van der Waals surface area (Å²) in [6.45, 7) is 0. The van der Waals surface area contributed by atoms with Crippen LogP contribution in [0.4, 0.5) is 11.6 Å². The van der Waals surface area contributed by atoms with E-state index in [4.69, 9.17) is 5.73 Å². The number of hydrogen-bond acceptors (Lipinski definition) is 9. The number of thiophene rings is 1. The molecule has 5 N–H and O–H groups in total. The van der Waals surface area contributed by atoms with Gasteiger partial charge in [0.2, 0.25) is 0 Å². The average Bonchev–Trinajstić information content (AvgIpc) is 3.49. The van der Waals surface area contributed by atoms with Crippen LogP contribution in [0.25, 0.3) is 21.0 Å². The van der Waals surface area contributed by atoms with E-state index in [9.17, 15) is 15.0 Å². The summed E-state index contributed by atoms with van der Waals surface area (Å²) in [6.07, 6.45) is 2.92. The lowest BCUT2D eigenvalue weighted by molar-refractivity contribution is 0.0158. The number of fused-ring (bicyclic) bond motifs is 2. The van der Waals surface area contributed by atoms with Gasteiger partial charge in [-0.25, -0.2) is 15.0 Å². The van der Waals surface area contributed by atoms with Crippen LogP contribution in [0.2, 0.25) is 0 Å². The number of pyridine rings is 1. The van der Waals surface area contributed by atoms with Crippen LogP contribution in [0.1, 0.15) is 34.3 Å². The molecule has 6 rings (SSSR count). The fraction of sp³-hybridized carbons (Fsp3) is 0.241. The Morgan fingerprint density at radius 2 is 1.97 bits per heavy atom. The first-order chi connectivity index (χ1) is 18.9. The van der Waals surface area contributed by atoms with Crippen molar-refractivity contribution in [1.29, 1.82) is 0 Å². The number of anilines is 2. The lowest BCUT2D eigenvalue weighted by atomic mass is 9.95. The molecule has 3 aromatic heterocycles. The first kappa shape index (κ1) is 25.8. The highest BCUT2D eigenvalue weighted by Crippen LogP contribution is 2.34. The lowest BCUT2D eigenvalue weighted by Crippen LogP contribution is -2.35. The van der Waals surface area contributed by atoms with Crippen LogP contribution < -0.4 is 11.1 Å². The van der Waals surface area contributed by atoms with E-state index in [0.717, 1.165) is 37.4 Å². The minimum atomic E-state index is -0.995. The summed E-state index contributed by atoms with van der Waals surface area (Å²) in [5.74, 6) is 0.486. The van der Waals surface area contributed by atoms with Gasteiger partial charge in [0.05, 0.1) is 27.7 Å². The Balaban J connectivity index is 1.16. The molecule has 39 heavy (non-hydrogen) atoms. The topological polar surface area (TPSA) is 134 Å². The predicted molar refractivity (Wildman–Crippen MR) is 157 cm³/mol. The molecule has 8 nitrogen and oxygen atoms in total. The summed E-state index contributed by atoms with van der Waals surface area (Å²) in [4.78, 5) is 26.3. The largest absolute Gasteiger partial charge is 0.390 e. The van der Waals surface area contributed by atoms with E-state index in [0.29, 0.717) is 35.6 Å². The van der Waals surface area contributed by atoms with Crippen molar-refractivity contribution < 1.29 is 15.0 Å². The molecule has 0 aliphatic heterocycles. The van der Waals surface area contributed by atoms with Gasteiger partial charge in [-0.2, -0.15) is 0 Å². The van der Waals surface area contributed by atoms with Gasteiger partial charge in [-0.1, -0.05) is 30.3 Å². The monoisotopic (exact) mass is 603 g/mol. The van der Waals surface area contributed by atoms with Crippen LogP contribution in [0.5, 0.6) is 0 Å². The van der Waals surface area contributed by atoms with Gasteiger partial charge in [0, 0.05) is 32.6 Å². The third kappa shape index (κ3) is 5.00. The molecule has 2 aromatic carbocycles. The van der Waals surface area contributed by atoms with Gasteiger partial charge in [-0.05, 0) is 64.9 Å². The molecule has 1 aliphatic carbocycles. The molecule has 4 atom stereocenters. The SMILES string of the molecule is Nc1nc2cc(CC[C@H]3C[C@@H](Nc4ncncc4C(=O)c4csc5ccccc45)[C@H](O)[C@@H]3O)ccc2cc1Br. The van der Waals surface area contributed by atoms with Crippen LogP contribution in [0.3, 0.4) is 0 Å². The van der Waals surface area contributed by atoms with E-state index in [2.05, 4.69) is 36.2 Å². The molecular formula is C29H26BrN5O3S. The van der Waals surface area contributed by atoms with Crippen molar-refractivity contribution in [3.63, 3.8) is 0 Å². The van der Waals surface area contributed by atoms with Crippen LogP contribution in [0.15, 0.2) is 70.9 Å². The summed E-state index contributed by atoms with van der Waals surface area (Å²) in [6, 6.07) is 15.3. The van der Waals surface area contributed by atoms with Crippen molar-refractivity contribution in [2.45, 2.75) is 37.5 Å². The summed E-state index contributed by atoms with van der Waals surface area (Å²) in [5.41, 5.74) is 8.78. The molecular weight excluding hydrogens is 578 g/mol. The highest BCUT2D eigenvalue weighted by molar-refractivity contribution is 9.10. The Kier molecular flexibility index (Phi) is 7.03. The van der Waals surface area contributed by atoms with Crippen LogP contribution in [-0.2, 0) is 6.42 Å². The smallest absolute Gasteiger partial charge is 0.199 e. The number of carbonyl (C=O) groups is 1. The van der Waals surface area contributed by atoms with Crippen LogP contribution >= 0.6 is 27.3 Å².